The molecule has 0 spiro atoms. The van der Waals surface area contributed by atoms with E-state index in [9.17, 15) is 0 Å². The van der Waals surface area contributed by atoms with E-state index in [0.717, 1.165) is 38.9 Å². The molecule has 0 radical (unpaired) electrons. The Labute approximate surface area is 98.3 Å². The van der Waals surface area contributed by atoms with E-state index in [1.54, 1.807) is 21.3 Å². The lowest BCUT2D eigenvalue weighted by Crippen LogP contribution is -2.42. The van der Waals surface area contributed by atoms with Crippen LogP contribution in [-0.2, 0) is 22.8 Å². The molecule has 96 valence electrons. The Morgan fingerprint density at radius 1 is 1.12 bits per heavy atom. The summed E-state index contributed by atoms with van der Waals surface area (Å²) in [6, 6.07) is 0.789. The number of rotatable bonds is 9. The molecule has 0 aromatic carbocycles. The highest BCUT2D eigenvalue weighted by Gasteiger charge is 2.36. The van der Waals surface area contributed by atoms with Gasteiger partial charge < -0.3 is 22.8 Å². The van der Waals surface area contributed by atoms with Crippen LogP contribution >= 0.6 is 0 Å². The summed E-state index contributed by atoms with van der Waals surface area (Å²) >= 11 is 0. The summed E-state index contributed by atoms with van der Waals surface area (Å²) < 4.78 is 26.6. The van der Waals surface area contributed by atoms with Crippen molar-refractivity contribution in [2.75, 3.05) is 47.8 Å². The molecule has 0 amide bonds. The molecule has 0 unspecified atom stereocenters. The number of hydrogen-bond acceptors (Lipinski definition) is 5. The van der Waals surface area contributed by atoms with Crippen molar-refractivity contribution in [1.29, 1.82) is 0 Å². The van der Waals surface area contributed by atoms with Gasteiger partial charge in [-0.2, -0.15) is 0 Å². The zero-order valence-electron chi connectivity index (χ0n) is 10.4. The van der Waals surface area contributed by atoms with Gasteiger partial charge in [0.2, 0.25) is 0 Å². The van der Waals surface area contributed by atoms with Crippen LogP contribution in [-0.4, -0.2) is 56.6 Å². The highest BCUT2D eigenvalue weighted by molar-refractivity contribution is 6.60. The second-order valence-electron chi connectivity index (χ2n) is 3.88. The lowest BCUT2D eigenvalue weighted by molar-refractivity contribution is -0.0716. The molecule has 1 heterocycles. The van der Waals surface area contributed by atoms with Gasteiger partial charge in [-0.3, -0.25) is 0 Å². The van der Waals surface area contributed by atoms with Crippen LogP contribution in [0.25, 0.3) is 0 Å². The van der Waals surface area contributed by atoms with Crippen molar-refractivity contribution < 1.29 is 22.8 Å². The average Bonchev–Trinajstić information content (AvgIpc) is 2.27. The van der Waals surface area contributed by atoms with Gasteiger partial charge in [-0.1, -0.05) is 0 Å². The van der Waals surface area contributed by atoms with Crippen molar-refractivity contribution in [2.24, 2.45) is 5.92 Å². The van der Waals surface area contributed by atoms with Gasteiger partial charge in [0.15, 0.2) is 0 Å². The van der Waals surface area contributed by atoms with Gasteiger partial charge in [0.05, 0.1) is 19.8 Å². The van der Waals surface area contributed by atoms with Gasteiger partial charge in [-0.25, -0.2) is 0 Å². The van der Waals surface area contributed by atoms with Gasteiger partial charge in [0.25, 0.3) is 0 Å². The first-order chi connectivity index (χ1) is 7.76. The molecule has 0 aliphatic carbocycles. The molecule has 0 saturated carbocycles. The smallest absolute Gasteiger partial charge is 0.381 e. The topological polar surface area (TPSA) is 46.2 Å². The maximum atomic E-state index is 5.54. The van der Waals surface area contributed by atoms with Crippen LogP contribution in [0.5, 0.6) is 0 Å². The lowest BCUT2D eigenvalue weighted by atomic mass is 10.1. The third-order valence-electron chi connectivity index (χ3n) is 2.77. The normalized spacial score (nSPS) is 17.4. The monoisotopic (exact) mass is 250 g/mol. The molecule has 0 aromatic heterocycles. The molecule has 16 heavy (non-hydrogen) atoms. The molecule has 1 fully saturated rings. The van der Waals surface area contributed by atoms with Crippen LogP contribution in [0, 0.1) is 5.92 Å². The Morgan fingerprint density at radius 2 is 1.75 bits per heavy atom. The Balaban J connectivity index is 2.03. The van der Waals surface area contributed by atoms with Crippen molar-refractivity contribution in [3.05, 3.63) is 0 Å². The van der Waals surface area contributed by atoms with Gasteiger partial charge >= 0.3 is 8.80 Å². The van der Waals surface area contributed by atoms with Crippen LogP contribution in [0.2, 0.25) is 6.04 Å². The molecular weight excluding hydrogens is 228 g/mol. The Bertz CT molecular complexity index is 174. The summed E-state index contributed by atoms with van der Waals surface area (Å²) in [5.41, 5.74) is 0. The second-order valence-corrected chi connectivity index (χ2v) is 6.97. The quantitative estimate of drug-likeness (QED) is 0.450. The highest BCUT2D eigenvalue weighted by Crippen LogP contribution is 2.15. The first-order valence-electron chi connectivity index (χ1n) is 5.57. The van der Waals surface area contributed by atoms with E-state index < -0.39 is 8.80 Å². The van der Waals surface area contributed by atoms with E-state index in [0.29, 0.717) is 5.92 Å². The molecule has 1 aliphatic rings. The number of hydrogen-bond donors (Lipinski definition) is 0. The standard InChI is InChI=1S/C10H22O5Si/c1-11-16(12-2,13-3)6-4-5-14-7-10-8-15-9-10/h10H,4-9H2,1-3H3. The van der Waals surface area contributed by atoms with Crippen molar-refractivity contribution in [3.8, 4) is 0 Å². The fourth-order valence-electron chi connectivity index (χ4n) is 1.58. The minimum Gasteiger partial charge on any atom is -0.381 e. The van der Waals surface area contributed by atoms with Gasteiger partial charge in [-0.05, 0) is 6.42 Å². The zero-order valence-corrected chi connectivity index (χ0v) is 11.4. The zero-order chi connectivity index (χ0) is 11.9. The van der Waals surface area contributed by atoms with Crippen LogP contribution in [0.1, 0.15) is 6.42 Å². The molecule has 1 rings (SSSR count). The fourth-order valence-corrected chi connectivity index (χ4v) is 3.27. The van der Waals surface area contributed by atoms with E-state index >= 15 is 0 Å². The van der Waals surface area contributed by atoms with Crippen LogP contribution in [0.4, 0.5) is 0 Å². The van der Waals surface area contributed by atoms with E-state index in [1.165, 1.54) is 0 Å². The van der Waals surface area contributed by atoms with Crippen LogP contribution < -0.4 is 0 Å². The molecule has 0 atom stereocenters. The van der Waals surface area contributed by atoms with Gasteiger partial charge in [-0.15, -0.1) is 0 Å². The Kier molecular flexibility index (Phi) is 6.48. The molecule has 0 aromatic rings. The van der Waals surface area contributed by atoms with Gasteiger partial charge in [0, 0.05) is 39.9 Å². The summed E-state index contributed by atoms with van der Waals surface area (Å²) in [5, 5.41) is 0. The summed E-state index contributed by atoms with van der Waals surface area (Å²) in [6.07, 6.45) is 0.898. The maximum absolute atomic E-state index is 5.54. The highest BCUT2D eigenvalue weighted by atomic mass is 28.4. The van der Waals surface area contributed by atoms with E-state index in [2.05, 4.69) is 0 Å². The average molecular weight is 250 g/mol. The third kappa shape index (κ3) is 4.12. The SMILES string of the molecule is CO[Si](CCCOCC1COC1)(OC)OC. The van der Waals surface area contributed by atoms with Crippen LogP contribution in [0.15, 0.2) is 0 Å². The predicted molar refractivity (Wildman–Crippen MR) is 61.3 cm³/mol. The number of ether oxygens (including phenoxy) is 2. The molecule has 1 aliphatic heterocycles. The van der Waals surface area contributed by atoms with E-state index in [1.807, 2.05) is 0 Å². The Morgan fingerprint density at radius 3 is 2.19 bits per heavy atom. The van der Waals surface area contributed by atoms with Crippen molar-refractivity contribution in [1.82, 2.24) is 0 Å². The largest absolute Gasteiger partial charge is 0.500 e. The molecule has 1 saturated heterocycles. The third-order valence-corrected chi connectivity index (χ3v) is 5.60. The lowest BCUT2D eigenvalue weighted by Gasteiger charge is -2.26. The summed E-state index contributed by atoms with van der Waals surface area (Å²) in [7, 11) is 2.50. The van der Waals surface area contributed by atoms with Gasteiger partial charge in [0.1, 0.15) is 0 Å². The minimum atomic E-state index is -2.39. The van der Waals surface area contributed by atoms with Crippen molar-refractivity contribution in [2.45, 2.75) is 12.5 Å². The predicted octanol–water partition coefficient (Wildman–Crippen LogP) is 0.918. The van der Waals surface area contributed by atoms with E-state index in [4.69, 9.17) is 22.8 Å². The first kappa shape index (κ1) is 14.1. The summed E-state index contributed by atoms with van der Waals surface area (Å²) in [4.78, 5) is 0. The molecule has 5 nitrogen and oxygen atoms in total. The second kappa shape index (κ2) is 7.36. The summed E-state index contributed by atoms with van der Waals surface area (Å²) in [6.45, 7) is 3.20. The minimum absolute atomic E-state index is 0.592. The van der Waals surface area contributed by atoms with Crippen molar-refractivity contribution >= 4 is 8.80 Å². The fraction of sp³-hybridized carbons (Fsp3) is 1.00. The first-order valence-corrected chi connectivity index (χ1v) is 7.50. The molecule has 0 bridgehead atoms. The maximum Gasteiger partial charge on any atom is 0.500 e. The Hall–Kier alpha value is 0.0169. The van der Waals surface area contributed by atoms with E-state index in [-0.39, 0.29) is 0 Å². The summed E-state index contributed by atoms with van der Waals surface area (Å²) in [5.74, 6) is 0.592. The van der Waals surface area contributed by atoms with Crippen LogP contribution in [0.3, 0.4) is 0 Å². The molecular formula is C10H22O5Si. The van der Waals surface area contributed by atoms with Crippen molar-refractivity contribution in [3.63, 3.8) is 0 Å². The molecule has 6 heteroatoms. The molecule has 0 N–H and O–H groups in total.